The summed E-state index contributed by atoms with van der Waals surface area (Å²) in [4.78, 5) is 40.0. The monoisotopic (exact) mass is 425 g/mol. The van der Waals surface area contributed by atoms with Gasteiger partial charge in [0.15, 0.2) is 0 Å². The van der Waals surface area contributed by atoms with Gasteiger partial charge in [-0.2, -0.15) is 0 Å². The molecule has 1 aliphatic rings. The van der Waals surface area contributed by atoms with Crippen molar-refractivity contribution >= 4 is 17.9 Å². The molecule has 1 aliphatic heterocycles. The minimum Gasteiger partial charge on any atom is -0.507 e. The molecule has 3 rings (SSSR count). The summed E-state index contributed by atoms with van der Waals surface area (Å²) in [6.45, 7) is 3.56. The van der Waals surface area contributed by atoms with E-state index in [1.54, 1.807) is 6.92 Å². The number of carbonyl (C=O) groups is 3. The van der Waals surface area contributed by atoms with Crippen LogP contribution in [0.15, 0.2) is 36.2 Å². The summed E-state index contributed by atoms with van der Waals surface area (Å²) in [5, 5.41) is 10.8. The molecular formula is C23H23NO7. The molecule has 0 spiro atoms. The fourth-order valence-electron chi connectivity index (χ4n) is 3.31. The Bertz CT molecular complexity index is 1060. The van der Waals surface area contributed by atoms with E-state index in [-0.39, 0.29) is 42.5 Å². The molecule has 0 bridgehead atoms. The number of aromatic nitrogens is 1. The lowest BCUT2D eigenvalue weighted by atomic mass is 9.94. The Morgan fingerprint density at radius 2 is 1.97 bits per heavy atom. The van der Waals surface area contributed by atoms with E-state index in [1.165, 1.54) is 31.6 Å². The van der Waals surface area contributed by atoms with Crippen molar-refractivity contribution in [3.63, 3.8) is 0 Å². The maximum absolute atomic E-state index is 12.6. The number of phenolic OH excluding ortho intramolecular Hbond substituents is 1. The van der Waals surface area contributed by atoms with Gasteiger partial charge in [-0.05, 0) is 44.4 Å². The lowest BCUT2D eigenvalue weighted by Gasteiger charge is -2.17. The Labute approximate surface area is 179 Å². The molecule has 1 aromatic carbocycles. The highest BCUT2D eigenvalue weighted by Crippen LogP contribution is 2.42. The number of aromatic hydroxyl groups is 1. The van der Waals surface area contributed by atoms with E-state index in [2.05, 4.69) is 9.72 Å². The third-order valence-corrected chi connectivity index (χ3v) is 5.16. The molecule has 162 valence electrons. The second kappa shape index (κ2) is 9.42. The molecule has 31 heavy (non-hydrogen) atoms. The quantitative estimate of drug-likeness (QED) is 0.408. The summed E-state index contributed by atoms with van der Waals surface area (Å²) in [6.07, 6.45) is 5.66. The number of pyridine rings is 1. The largest absolute Gasteiger partial charge is 0.507 e. The summed E-state index contributed by atoms with van der Waals surface area (Å²) in [6, 6.07) is 3.04. The molecule has 2 aromatic rings. The van der Waals surface area contributed by atoms with Crippen LogP contribution < -0.4 is 4.74 Å². The fourth-order valence-corrected chi connectivity index (χ4v) is 3.31. The minimum absolute atomic E-state index is 0.00163. The van der Waals surface area contributed by atoms with Crippen LogP contribution in [0.5, 0.6) is 11.5 Å². The maximum Gasteiger partial charge on any atom is 0.343 e. The fraction of sp³-hybridized carbons (Fsp3) is 0.304. The lowest BCUT2D eigenvalue weighted by molar-refractivity contribution is -0.140. The summed E-state index contributed by atoms with van der Waals surface area (Å²) in [5.41, 5.74) is 2.63. The number of nitrogens with zero attached hydrogens (tertiary/aromatic N) is 1. The Kier molecular flexibility index (Phi) is 6.69. The number of hydrogen-bond donors (Lipinski definition) is 1. The highest BCUT2D eigenvalue weighted by molar-refractivity contribution is 5.98. The molecular weight excluding hydrogens is 402 g/mol. The summed E-state index contributed by atoms with van der Waals surface area (Å²) >= 11 is 0. The Morgan fingerprint density at radius 3 is 2.65 bits per heavy atom. The second-order valence-corrected chi connectivity index (χ2v) is 7.17. The SMILES string of the molecule is COC(=O)CC/C(C)=C/Cc1c(O)c2c(c(C)c1OC(=O)c1ccncc1)COC2=O. The first-order valence-electron chi connectivity index (χ1n) is 9.72. The van der Waals surface area contributed by atoms with E-state index in [0.29, 0.717) is 28.7 Å². The first-order chi connectivity index (χ1) is 14.8. The van der Waals surface area contributed by atoms with Crippen LogP contribution in [-0.4, -0.2) is 35.1 Å². The van der Waals surface area contributed by atoms with Crippen molar-refractivity contribution in [2.24, 2.45) is 0 Å². The smallest absolute Gasteiger partial charge is 0.343 e. The number of methoxy groups -OCH3 is 1. The number of hydrogen-bond acceptors (Lipinski definition) is 8. The van der Waals surface area contributed by atoms with Crippen LogP contribution in [0.25, 0.3) is 0 Å². The number of cyclic esters (lactones) is 1. The van der Waals surface area contributed by atoms with Gasteiger partial charge in [0.1, 0.15) is 23.7 Å². The van der Waals surface area contributed by atoms with Gasteiger partial charge in [0, 0.05) is 29.9 Å². The average Bonchev–Trinajstić information content (AvgIpc) is 3.17. The number of benzene rings is 1. The third-order valence-electron chi connectivity index (χ3n) is 5.16. The molecule has 8 heteroatoms. The number of allylic oxidation sites excluding steroid dienone is 2. The molecule has 1 aromatic heterocycles. The van der Waals surface area contributed by atoms with E-state index in [9.17, 15) is 19.5 Å². The zero-order valence-electron chi connectivity index (χ0n) is 17.6. The normalized spacial score (nSPS) is 12.9. The number of rotatable bonds is 7. The highest BCUT2D eigenvalue weighted by atomic mass is 16.5. The second-order valence-electron chi connectivity index (χ2n) is 7.17. The molecule has 0 aliphatic carbocycles. The van der Waals surface area contributed by atoms with Gasteiger partial charge in [0.05, 0.1) is 12.7 Å². The van der Waals surface area contributed by atoms with Crippen LogP contribution in [0.1, 0.15) is 57.2 Å². The van der Waals surface area contributed by atoms with Crippen molar-refractivity contribution < 1.29 is 33.7 Å². The first kappa shape index (κ1) is 22.0. The van der Waals surface area contributed by atoms with Gasteiger partial charge in [0.25, 0.3) is 0 Å². The number of fused-ring (bicyclic) bond motifs is 1. The molecule has 8 nitrogen and oxygen atoms in total. The van der Waals surface area contributed by atoms with E-state index in [0.717, 1.165) is 5.57 Å². The van der Waals surface area contributed by atoms with Crippen molar-refractivity contribution in [1.29, 1.82) is 0 Å². The molecule has 0 amide bonds. The summed E-state index contributed by atoms with van der Waals surface area (Å²) < 4.78 is 15.4. The minimum atomic E-state index is -0.616. The van der Waals surface area contributed by atoms with Crippen molar-refractivity contribution in [3.8, 4) is 11.5 Å². The number of carbonyl (C=O) groups excluding carboxylic acids is 3. The Morgan fingerprint density at radius 1 is 1.26 bits per heavy atom. The van der Waals surface area contributed by atoms with Gasteiger partial charge in [-0.15, -0.1) is 0 Å². The molecule has 0 unspecified atom stereocenters. The van der Waals surface area contributed by atoms with Crippen LogP contribution in [-0.2, 0) is 27.3 Å². The molecule has 0 saturated heterocycles. The molecule has 0 saturated carbocycles. The maximum atomic E-state index is 12.6. The Balaban J connectivity index is 1.97. The molecule has 0 atom stereocenters. The average molecular weight is 425 g/mol. The predicted octanol–water partition coefficient (Wildman–Crippen LogP) is 3.43. The first-order valence-corrected chi connectivity index (χ1v) is 9.72. The van der Waals surface area contributed by atoms with Crippen molar-refractivity contribution in [3.05, 3.63) is 64.0 Å². The van der Waals surface area contributed by atoms with Gasteiger partial charge in [0.2, 0.25) is 0 Å². The van der Waals surface area contributed by atoms with Gasteiger partial charge < -0.3 is 19.3 Å². The number of ether oxygens (including phenoxy) is 3. The third kappa shape index (κ3) is 4.74. The number of phenols is 1. The van der Waals surface area contributed by atoms with Crippen LogP contribution in [0.2, 0.25) is 0 Å². The molecule has 2 heterocycles. The van der Waals surface area contributed by atoms with Gasteiger partial charge in [-0.3, -0.25) is 9.78 Å². The van der Waals surface area contributed by atoms with Gasteiger partial charge in [-0.25, -0.2) is 9.59 Å². The zero-order valence-corrected chi connectivity index (χ0v) is 17.6. The zero-order chi connectivity index (χ0) is 22.5. The molecule has 0 radical (unpaired) electrons. The van der Waals surface area contributed by atoms with Crippen LogP contribution in [0, 0.1) is 6.92 Å². The molecule has 1 N–H and O–H groups in total. The lowest BCUT2D eigenvalue weighted by Crippen LogP contribution is -2.12. The van der Waals surface area contributed by atoms with Crippen LogP contribution >= 0.6 is 0 Å². The van der Waals surface area contributed by atoms with E-state index >= 15 is 0 Å². The highest BCUT2D eigenvalue weighted by Gasteiger charge is 2.33. The van der Waals surface area contributed by atoms with Gasteiger partial charge in [-0.1, -0.05) is 11.6 Å². The van der Waals surface area contributed by atoms with Crippen LogP contribution in [0.4, 0.5) is 0 Å². The summed E-state index contributed by atoms with van der Waals surface area (Å²) in [7, 11) is 1.33. The van der Waals surface area contributed by atoms with E-state index < -0.39 is 11.9 Å². The standard InChI is InChI=1S/C23H23NO7/c1-13(5-7-18(25)29-3)4-6-16-20(26)19-17(12-30-23(19)28)14(2)21(16)31-22(27)15-8-10-24-11-9-15/h4,8-11,26H,5-7,12H2,1-3H3/b13-4+. The van der Waals surface area contributed by atoms with E-state index in [4.69, 9.17) is 9.47 Å². The number of esters is 3. The van der Waals surface area contributed by atoms with Crippen molar-refractivity contribution in [1.82, 2.24) is 4.98 Å². The topological polar surface area (TPSA) is 112 Å². The molecule has 0 fully saturated rings. The van der Waals surface area contributed by atoms with Gasteiger partial charge >= 0.3 is 17.9 Å². The van der Waals surface area contributed by atoms with E-state index in [1.807, 2.05) is 13.0 Å². The van der Waals surface area contributed by atoms with Crippen molar-refractivity contribution in [2.75, 3.05) is 7.11 Å². The Hall–Kier alpha value is -3.68. The van der Waals surface area contributed by atoms with Crippen LogP contribution in [0.3, 0.4) is 0 Å². The predicted molar refractivity (Wildman–Crippen MR) is 110 cm³/mol. The van der Waals surface area contributed by atoms with Crippen molar-refractivity contribution in [2.45, 2.75) is 39.7 Å². The summed E-state index contributed by atoms with van der Waals surface area (Å²) in [5.74, 6) is -1.62.